The van der Waals surface area contributed by atoms with E-state index in [1.54, 1.807) is 0 Å². The van der Waals surface area contributed by atoms with Crippen molar-refractivity contribution >= 4 is 22.6 Å². The quantitative estimate of drug-likeness (QED) is 0.0880. The van der Waals surface area contributed by atoms with E-state index >= 15 is 0 Å². The zero-order valence-electron chi connectivity index (χ0n) is 26.3. The molecule has 0 spiro atoms. The molecule has 0 amide bonds. The molecule has 2 aromatic carbocycles. The van der Waals surface area contributed by atoms with Crippen LogP contribution in [0.2, 0.25) is 0 Å². The van der Waals surface area contributed by atoms with Crippen molar-refractivity contribution in [3.8, 4) is 22.5 Å². The summed E-state index contributed by atoms with van der Waals surface area (Å²) in [4.78, 5) is 18.2. The smallest absolute Gasteiger partial charge is 0.338 e. The predicted octanol–water partition coefficient (Wildman–Crippen LogP) is 9.86. The summed E-state index contributed by atoms with van der Waals surface area (Å²) in [6, 6.07) is 16.2. The van der Waals surface area contributed by atoms with Gasteiger partial charge in [-0.1, -0.05) is 76.5 Å². The molecular weight excluding hydrogens is 520 g/mol. The average Bonchev–Trinajstić information content (AvgIpc) is 2.98. The second-order valence-corrected chi connectivity index (χ2v) is 11.3. The fourth-order valence-electron chi connectivity index (χ4n) is 5.73. The van der Waals surface area contributed by atoms with Crippen molar-refractivity contribution in [3.63, 3.8) is 0 Å². The number of nitrogens with one attached hydrogen (secondary N) is 1. The summed E-state index contributed by atoms with van der Waals surface area (Å²) in [5.41, 5.74) is 7.39. The number of anilines is 1. The first-order valence-corrected chi connectivity index (χ1v) is 16.0. The van der Waals surface area contributed by atoms with Crippen LogP contribution in [0.4, 0.5) is 5.69 Å². The van der Waals surface area contributed by atoms with Gasteiger partial charge in [-0.2, -0.15) is 0 Å². The summed E-state index contributed by atoms with van der Waals surface area (Å²) in [6.07, 6.45) is 11.1. The first-order valence-electron chi connectivity index (χ1n) is 16.0. The Morgan fingerprint density at radius 2 is 1.55 bits per heavy atom. The third kappa shape index (κ3) is 7.61. The normalized spacial score (nSPS) is 11.9. The molecule has 5 heteroatoms. The largest absolute Gasteiger partial charge is 0.462 e. The molecule has 5 nitrogen and oxygen atoms in total. The molecule has 0 radical (unpaired) electrons. The lowest BCUT2D eigenvalue weighted by molar-refractivity contribution is 0.0498. The number of carbonyl (C=O) groups excluding carboxylic acids is 1. The van der Waals surface area contributed by atoms with Crippen molar-refractivity contribution < 1.29 is 13.9 Å². The molecule has 1 aliphatic carbocycles. The summed E-state index contributed by atoms with van der Waals surface area (Å²) in [7, 11) is 0. The predicted molar refractivity (Wildman–Crippen MR) is 176 cm³/mol. The fourth-order valence-corrected chi connectivity index (χ4v) is 5.73. The number of carbonyl (C=O) groups is 1. The Hall–Kier alpha value is -3.60. The van der Waals surface area contributed by atoms with Gasteiger partial charge in [0.1, 0.15) is 11.3 Å². The molecule has 0 saturated carbocycles. The van der Waals surface area contributed by atoms with E-state index < -0.39 is 0 Å². The molecule has 1 aliphatic heterocycles. The van der Waals surface area contributed by atoms with Crippen molar-refractivity contribution in [3.05, 3.63) is 70.6 Å². The van der Waals surface area contributed by atoms with E-state index in [0.717, 1.165) is 75.0 Å². The van der Waals surface area contributed by atoms with E-state index in [2.05, 4.69) is 56.2 Å². The molecule has 0 saturated heterocycles. The Bertz CT molecular complexity index is 1520. The number of ether oxygens (including phenoxy) is 1. The monoisotopic (exact) mass is 568 g/mol. The van der Waals surface area contributed by atoms with E-state index in [0.29, 0.717) is 18.7 Å². The van der Waals surface area contributed by atoms with Gasteiger partial charge in [-0.25, -0.2) is 4.79 Å². The van der Waals surface area contributed by atoms with Crippen molar-refractivity contribution in [2.24, 2.45) is 4.99 Å². The Morgan fingerprint density at radius 3 is 2.26 bits per heavy atom. The first kappa shape index (κ1) is 31.3. The van der Waals surface area contributed by atoms with Gasteiger partial charge >= 0.3 is 5.97 Å². The number of benzene rings is 3. The minimum absolute atomic E-state index is 0.275. The molecule has 1 heterocycles. The van der Waals surface area contributed by atoms with Crippen LogP contribution in [0.5, 0.6) is 0 Å². The molecule has 4 rings (SSSR count). The third-order valence-electron chi connectivity index (χ3n) is 7.98. The molecule has 2 aromatic rings. The van der Waals surface area contributed by atoms with E-state index in [1.165, 1.54) is 44.9 Å². The third-order valence-corrected chi connectivity index (χ3v) is 7.98. The first-order chi connectivity index (χ1) is 20.5. The van der Waals surface area contributed by atoms with Crippen molar-refractivity contribution in [2.75, 3.05) is 25.0 Å². The van der Waals surface area contributed by atoms with Gasteiger partial charge in [0, 0.05) is 47.4 Å². The highest BCUT2D eigenvalue weighted by Crippen LogP contribution is 2.43. The molecule has 0 bridgehead atoms. The van der Waals surface area contributed by atoms with E-state index in [-0.39, 0.29) is 5.97 Å². The molecule has 0 atom stereocenters. The van der Waals surface area contributed by atoms with Gasteiger partial charge in [0.15, 0.2) is 0 Å². The Kier molecular flexibility index (Phi) is 11.6. The van der Waals surface area contributed by atoms with Crippen molar-refractivity contribution in [1.82, 2.24) is 0 Å². The lowest BCUT2D eigenvalue weighted by atomic mass is 9.89. The van der Waals surface area contributed by atoms with Crippen molar-refractivity contribution in [1.29, 1.82) is 0 Å². The van der Waals surface area contributed by atoms with Crippen LogP contribution in [0.1, 0.15) is 100 Å². The Morgan fingerprint density at radius 1 is 0.833 bits per heavy atom. The maximum Gasteiger partial charge on any atom is 0.338 e. The van der Waals surface area contributed by atoms with Gasteiger partial charge in [-0.3, -0.25) is 4.99 Å². The van der Waals surface area contributed by atoms with Crippen LogP contribution in [-0.4, -0.2) is 25.7 Å². The summed E-state index contributed by atoms with van der Waals surface area (Å²) in [6.45, 7) is 12.5. The van der Waals surface area contributed by atoms with E-state index in [1.807, 2.05) is 37.3 Å². The molecule has 1 N–H and O–H groups in total. The average molecular weight is 569 g/mol. The Labute approximate surface area is 251 Å². The van der Waals surface area contributed by atoms with Gasteiger partial charge in [0.25, 0.3) is 0 Å². The number of unbranched alkanes of at least 4 members (excludes halogenated alkanes) is 8. The standard InChI is InChI=1S/C37H48N2O3/c1-6-9-10-11-12-13-14-15-18-21-41-37(40)29-20-17-16-19-28(29)36-30-22-26(4)32(38-7-2)24-34(30)42-35-25-33(39-8-3)27(5)23-31(35)36/h16-17,19-20,22-25,38H,6-15,18,21H2,1-5H3/b39-33-. The zero-order valence-corrected chi connectivity index (χ0v) is 26.3. The highest BCUT2D eigenvalue weighted by atomic mass is 16.5. The van der Waals surface area contributed by atoms with Crippen LogP contribution in [0.15, 0.2) is 57.9 Å². The lowest BCUT2D eigenvalue weighted by Crippen LogP contribution is -2.11. The second kappa shape index (κ2) is 15.6. The molecule has 0 fully saturated rings. The number of esters is 1. The molecule has 0 unspecified atom stereocenters. The molecular formula is C37H48N2O3. The molecule has 2 aliphatic rings. The van der Waals surface area contributed by atoms with Gasteiger partial charge < -0.3 is 14.5 Å². The minimum atomic E-state index is -0.275. The summed E-state index contributed by atoms with van der Waals surface area (Å²) in [5, 5.41) is 5.34. The van der Waals surface area contributed by atoms with Gasteiger partial charge in [-0.15, -0.1) is 0 Å². The summed E-state index contributed by atoms with van der Waals surface area (Å²) < 4.78 is 12.4. The van der Waals surface area contributed by atoms with Crippen LogP contribution in [0.25, 0.3) is 33.4 Å². The number of nitrogens with zero attached hydrogens (tertiary/aromatic N) is 1. The van der Waals surface area contributed by atoms with Crippen LogP contribution < -0.4 is 10.7 Å². The topological polar surface area (TPSA) is 63.8 Å². The summed E-state index contributed by atoms with van der Waals surface area (Å²) >= 11 is 0. The van der Waals surface area contributed by atoms with Crippen LogP contribution >= 0.6 is 0 Å². The minimum Gasteiger partial charge on any atom is -0.462 e. The molecule has 224 valence electrons. The SMILES string of the molecule is CCCCCCCCCCCOC(=O)c1ccccc1-c1c2cc(C)/c(=N\CC)cc-2oc2cc(NCC)c(C)cc12. The second-order valence-electron chi connectivity index (χ2n) is 11.3. The van der Waals surface area contributed by atoms with Crippen LogP contribution in [0, 0.1) is 13.8 Å². The van der Waals surface area contributed by atoms with Gasteiger partial charge in [0.05, 0.1) is 17.5 Å². The molecule has 0 aromatic heterocycles. The van der Waals surface area contributed by atoms with Gasteiger partial charge in [-0.05, 0) is 69.0 Å². The number of rotatable bonds is 15. The summed E-state index contributed by atoms with van der Waals surface area (Å²) in [5.74, 6) is 0.474. The van der Waals surface area contributed by atoms with Crippen LogP contribution in [0.3, 0.4) is 0 Å². The number of aryl methyl sites for hydroxylation is 2. The Balaban J connectivity index is 1.65. The van der Waals surface area contributed by atoms with E-state index in [4.69, 9.17) is 9.15 Å². The van der Waals surface area contributed by atoms with Crippen molar-refractivity contribution in [2.45, 2.75) is 92.4 Å². The highest BCUT2D eigenvalue weighted by Gasteiger charge is 2.23. The van der Waals surface area contributed by atoms with Crippen LogP contribution in [-0.2, 0) is 4.74 Å². The maximum absolute atomic E-state index is 13.5. The number of fused-ring (bicyclic) bond motifs is 2. The maximum atomic E-state index is 13.5. The highest BCUT2D eigenvalue weighted by molar-refractivity contribution is 6.08. The lowest BCUT2D eigenvalue weighted by Gasteiger charge is -2.20. The fraction of sp³-hybridized carbons (Fsp3) is 0.459. The number of hydrogen-bond donors (Lipinski definition) is 1. The van der Waals surface area contributed by atoms with E-state index in [9.17, 15) is 4.79 Å². The van der Waals surface area contributed by atoms with Gasteiger partial charge in [0.2, 0.25) is 0 Å². The molecule has 42 heavy (non-hydrogen) atoms. The zero-order chi connectivity index (χ0) is 29.9. The number of hydrogen-bond acceptors (Lipinski definition) is 5.